The normalized spacial score (nSPS) is 10.6. The van der Waals surface area contributed by atoms with Crippen molar-refractivity contribution in [1.29, 1.82) is 0 Å². The molecular formula is C12H14ClN3. The molecule has 0 saturated heterocycles. The van der Waals surface area contributed by atoms with Gasteiger partial charge in [0.1, 0.15) is 0 Å². The molecule has 0 aliphatic rings. The summed E-state index contributed by atoms with van der Waals surface area (Å²) in [5, 5.41) is 8.39. The summed E-state index contributed by atoms with van der Waals surface area (Å²) < 4.78 is 1.80. The molecule has 0 saturated carbocycles. The van der Waals surface area contributed by atoms with Crippen molar-refractivity contribution in [3.8, 4) is 0 Å². The Kier molecular flexibility index (Phi) is 3.59. The maximum atomic E-state index is 5.81. The Morgan fingerprint density at radius 3 is 2.56 bits per heavy atom. The molecule has 0 bridgehead atoms. The maximum absolute atomic E-state index is 5.81. The third-order valence-corrected chi connectivity index (χ3v) is 2.57. The van der Waals surface area contributed by atoms with Crippen LogP contribution in [0.5, 0.6) is 0 Å². The van der Waals surface area contributed by atoms with E-state index < -0.39 is 0 Å². The summed E-state index contributed by atoms with van der Waals surface area (Å²) in [6.07, 6.45) is 1.94. The minimum Gasteiger partial charge on any atom is -0.307 e. The van der Waals surface area contributed by atoms with Crippen molar-refractivity contribution in [2.75, 3.05) is 0 Å². The lowest BCUT2D eigenvalue weighted by Crippen LogP contribution is -2.13. The molecule has 0 aliphatic heterocycles. The van der Waals surface area contributed by atoms with Crippen molar-refractivity contribution in [3.63, 3.8) is 0 Å². The molecule has 1 aromatic carbocycles. The van der Waals surface area contributed by atoms with Gasteiger partial charge < -0.3 is 5.32 Å². The number of nitrogens with one attached hydrogen (secondary N) is 1. The highest BCUT2D eigenvalue weighted by Gasteiger charge is 1.97. The molecule has 0 spiro atoms. The SMILES string of the molecule is Cn1ccc(CNCc2ccc(Cl)cc2)n1. The van der Waals surface area contributed by atoms with Gasteiger partial charge in [-0.25, -0.2) is 0 Å². The third-order valence-electron chi connectivity index (χ3n) is 2.32. The predicted molar refractivity (Wildman–Crippen MR) is 65.2 cm³/mol. The van der Waals surface area contributed by atoms with Gasteiger partial charge in [0.25, 0.3) is 0 Å². The van der Waals surface area contributed by atoms with Crippen LogP contribution in [0.15, 0.2) is 36.5 Å². The summed E-state index contributed by atoms with van der Waals surface area (Å²) in [5.74, 6) is 0. The number of nitrogens with zero attached hydrogens (tertiary/aromatic N) is 2. The van der Waals surface area contributed by atoms with Crippen LogP contribution in [-0.2, 0) is 20.1 Å². The lowest BCUT2D eigenvalue weighted by atomic mass is 10.2. The largest absolute Gasteiger partial charge is 0.307 e. The Morgan fingerprint density at radius 1 is 1.19 bits per heavy atom. The molecule has 0 atom stereocenters. The molecule has 1 N–H and O–H groups in total. The van der Waals surface area contributed by atoms with Gasteiger partial charge >= 0.3 is 0 Å². The molecule has 1 aromatic heterocycles. The van der Waals surface area contributed by atoms with Crippen LogP contribution in [0, 0.1) is 0 Å². The molecule has 2 aromatic rings. The van der Waals surface area contributed by atoms with E-state index in [2.05, 4.69) is 10.4 Å². The number of hydrogen-bond acceptors (Lipinski definition) is 2. The summed E-state index contributed by atoms with van der Waals surface area (Å²) in [6, 6.07) is 9.86. The van der Waals surface area contributed by atoms with Crippen LogP contribution in [0.2, 0.25) is 5.02 Å². The molecule has 1 heterocycles. The summed E-state index contributed by atoms with van der Waals surface area (Å²) in [6.45, 7) is 1.61. The van der Waals surface area contributed by atoms with Gasteiger partial charge in [0, 0.05) is 31.4 Å². The van der Waals surface area contributed by atoms with Crippen molar-refractivity contribution >= 4 is 11.6 Å². The van der Waals surface area contributed by atoms with E-state index in [9.17, 15) is 0 Å². The van der Waals surface area contributed by atoms with Crippen LogP contribution in [0.3, 0.4) is 0 Å². The van der Waals surface area contributed by atoms with E-state index in [1.165, 1.54) is 5.56 Å². The Hall–Kier alpha value is -1.32. The van der Waals surface area contributed by atoms with Crippen molar-refractivity contribution in [2.24, 2.45) is 7.05 Å². The highest BCUT2D eigenvalue weighted by atomic mass is 35.5. The van der Waals surface area contributed by atoms with Gasteiger partial charge in [-0.2, -0.15) is 5.10 Å². The lowest BCUT2D eigenvalue weighted by molar-refractivity contribution is 0.656. The van der Waals surface area contributed by atoms with Crippen LogP contribution in [0.4, 0.5) is 0 Å². The Morgan fingerprint density at radius 2 is 1.94 bits per heavy atom. The van der Waals surface area contributed by atoms with E-state index in [1.807, 2.05) is 43.6 Å². The molecule has 16 heavy (non-hydrogen) atoms. The first-order valence-electron chi connectivity index (χ1n) is 5.18. The molecule has 0 radical (unpaired) electrons. The van der Waals surface area contributed by atoms with E-state index in [0.29, 0.717) is 0 Å². The van der Waals surface area contributed by atoms with E-state index in [4.69, 9.17) is 11.6 Å². The first-order chi connectivity index (χ1) is 7.74. The summed E-state index contributed by atoms with van der Waals surface area (Å²) in [5.41, 5.74) is 2.27. The smallest absolute Gasteiger partial charge is 0.0762 e. The first kappa shape index (κ1) is 11.2. The van der Waals surface area contributed by atoms with Crippen molar-refractivity contribution < 1.29 is 0 Å². The number of halogens is 1. The second-order valence-electron chi connectivity index (χ2n) is 3.71. The quantitative estimate of drug-likeness (QED) is 0.882. The third kappa shape index (κ3) is 3.08. The zero-order chi connectivity index (χ0) is 11.4. The minimum atomic E-state index is 0.772. The number of aromatic nitrogens is 2. The van der Waals surface area contributed by atoms with Gasteiger partial charge in [-0.1, -0.05) is 23.7 Å². The molecule has 0 unspecified atom stereocenters. The molecule has 0 amide bonds. The number of aryl methyl sites for hydroxylation is 1. The van der Waals surface area contributed by atoms with Crippen LogP contribution >= 0.6 is 11.6 Å². The molecule has 0 fully saturated rings. The standard InChI is InChI=1S/C12H14ClN3/c1-16-7-6-12(15-16)9-14-8-10-2-4-11(13)5-3-10/h2-7,14H,8-9H2,1H3. The van der Waals surface area contributed by atoms with Gasteiger partial charge in [0.05, 0.1) is 5.69 Å². The van der Waals surface area contributed by atoms with E-state index in [-0.39, 0.29) is 0 Å². The summed E-state index contributed by atoms with van der Waals surface area (Å²) in [7, 11) is 1.92. The number of benzene rings is 1. The molecule has 4 heteroatoms. The Balaban J connectivity index is 1.82. The van der Waals surface area contributed by atoms with Gasteiger partial charge in [-0.05, 0) is 23.8 Å². The van der Waals surface area contributed by atoms with E-state index in [0.717, 1.165) is 23.8 Å². The van der Waals surface area contributed by atoms with Crippen LogP contribution < -0.4 is 5.32 Å². The lowest BCUT2D eigenvalue weighted by Gasteiger charge is -2.02. The van der Waals surface area contributed by atoms with Gasteiger partial charge in [0.2, 0.25) is 0 Å². The van der Waals surface area contributed by atoms with Crippen molar-refractivity contribution in [1.82, 2.24) is 15.1 Å². The molecule has 84 valence electrons. The fourth-order valence-electron chi connectivity index (χ4n) is 1.49. The molecule has 2 rings (SSSR count). The predicted octanol–water partition coefficient (Wildman–Crippen LogP) is 2.36. The maximum Gasteiger partial charge on any atom is 0.0762 e. The molecular weight excluding hydrogens is 222 g/mol. The monoisotopic (exact) mass is 235 g/mol. The average Bonchev–Trinajstić information content (AvgIpc) is 2.67. The number of rotatable bonds is 4. The van der Waals surface area contributed by atoms with E-state index in [1.54, 1.807) is 4.68 Å². The van der Waals surface area contributed by atoms with Crippen LogP contribution in [0.1, 0.15) is 11.3 Å². The summed E-state index contributed by atoms with van der Waals surface area (Å²) in [4.78, 5) is 0. The van der Waals surface area contributed by atoms with Crippen LogP contribution in [0.25, 0.3) is 0 Å². The molecule has 3 nitrogen and oxygen atoms in total. The Bertz CT molecular complexity index is 448. The van der Waals surface area contributed by atoms with Crippen molar-refractivity contribution in [3.05, 3.63) is 52.8 Å². The number of hydrogen-bond donors (Lipinski definition) is 1. The second-order valence-corrected chi connectivity index (χ2v) is 4.15. The average molecular weight is 236 g/mol. The Labute approximate surface area is 100 Å². The minimum absolute atomic E-state index is 0.772. The van der Waals surface area contributed by atoms with E-state index >= 15 is 0 Å². The fraction of sp³-hybridized carbons (Fsp3) is 0.250. The van der Waals surface area contributed by atoms with Gasteiger partial charge in [0.15, 0.2) is 0 Å². The second kappa shape index (κ2) is 5.14. The van der Waals surface area contributed by atoms with Gasteiger partial charge in [-0.15, -0.1) is 0 Å². The fourth-order valence-corrected chi connectivity index (χ4v) is 1.62. The van der Waals surface area contributed by atoms with Gasteiger partial charge in [-0.3, -0.25) is 4.68 Å². The first-order valence-corrected chi connectivity index (χ1v) is 5.55. The van der Waals surface area contributed by atoms with Crippen molar-refractivity contribution in [2.45, 2.75) is 13.1 Å². The zero-order valence-electron chi connectivity index (χ0n) is 9.15. The van der Waals surface area contributed by atoms with Crippen LogP contribution in [-0.4, -0.2) is 9.78 Å². The summed E-state index contributed by atoms with van der Waals surface area (Å²) >= 11 is 5.81. The topological polar surface area (TPSA) is 29.9 Å². The molecule has 0 aliphatic carbocycles. The zero-order valence-corrected chi connectivity index (χ0v) is 9.91. The highest BCUT2D eigenvalue weighted by Crippen LogP contribution is 2.09. The highest BCUT2D eigenvalue weighted by molar-refractivity contribution is 6.30.